The fourth-order valence-electron chi connectivity index (χ4n) is 2.98. The van der Waals surface area contributed by atoms with Gasteiger partial charge in [-0.2, -0.15) is 0 Å². The SMILES string of the molecule is CCCN1C(=O)C(O)=C(C(=O)C(C)(C)C)C1c1ccccc1OC. The van der Waals surface area contributed by atoms with Crippen molar-refractivity contribution < 1.29 is 19.4 Å². The van der Waals surface area contributed by atoms with Gasteiger partial charge in [0.25, 0.3) is 5.91 Å². The van der Waals surface area contributed by atoms with Gasteiger partial charge in [0.05, 0.1) is 18.7 Å². The molecule has 24 heavy (non-hydrogen) atoms. The van der Waals surface area contributed by atoms with Crippen molar-refractivity contribution in [2.45, 2.75) is 40.2 Å². The number of carbonyl (C=O) groups excluding carboxylic acids is 2. The second kappa shape index (κ2) is 6.67. The first-order valence-electron chi connectivity index (χ1n) is 8.15. The highest BCUT2D eigenvalue weighted by atomic mass is 16.5. The van der Waals surface area contributed by atoms with Gasteiger partial charge in [-0.05, 0) is 12.5 Å². The lowest BCUT2D eigenvalue weighted by Gasteiger charge is -2.29. The Bertz CT molecular complexity index is 685. The average Bonchev–Trinajstić information content (AvgIpc) is 2.78. The molecule has 0 saturated carbocycles. The molecule has 0 aliphatic carbocycles. The summed E-state index contributed by atoms with van der Waals surface area (Å²) in [5, 5.41) is 10.4. The first kappa shape index (κ1) is 18.0. The van der Waals surface area contributed by atoms with Gasteiger partial charge in [-0.3, -0.25) is 9.59 Å². The number of amides is 1. The Morgan fingerprint density at radius 1 is 1.29 bits per heavy atom. The molecule has 1 atom stereocenters. The van der Waals surface area contributed by atoms with Crippen molar-refractivity contribution in [1.82, 2.24) is 4.90 Å². The van der Waals surface area contributed by atoms with E-state index >= 15 is 0 Å². The minimum Gasteiger partial charge on any atom is -0.503 e. The van der Waals surface area contributed by atoms with Gasteiger partial charge in [-0.15, -0.1) is 0 Å². The topological polar surface area (TPSA) is 66.8 Å². The summed E-state index contributed by atoms with van der Waals surface area (Å²) in [4.78, 5) is 27.0. The highest BCUT2D eigenvalue weighted by Crippen LogP contribution is 2.43. The summed E-state index contributed by atoms with van der Waals surface area (Å²) in [6, 6.07) is 6.66. The first-order chi connectivity index (χ1) is 11.2. The van der Waals surface area contributed by atoms with E-state index in [2.05, 4.69) is 0 Å². The molecule has 0 saturated heterocycles. The van der Waals surface area contributed by atoms with Gasteiger partial charge in [0, 0.05) is 17.5 Å². The van der Waals surface area contributed by atoms with Gasteiger partial charge in [-0.1, -0.05) is 45.9 Å². The van der Waals surface area contributed by atoms with Gasteiger partial charge in [0.15, 0.2) is 11.5 Å². The average molecular weight is 331 g/mol. The van der Waals surface area contributed by atoms with Gasteiger partial charge in [0.2, 0.25) is 0 Å². The van der Waals surface area contributed by atoms with Gasteiger partial charge in [0.1, 0.15) is 5.75 Å². The third-order valence-corrected chi connectivity index (χ3v) is 4.13. The van der Waals surface area contributed by atoms with Crippen LogP contribution in [0.2, 0.25) is 0 Å². The molecule has 1 heterocycles. The third kappa shape index (κ3) is 3.03. The van der Waals surface area contributed by atoms with Gasteiger partial charge >= 0.3 is 0 Å². The fraction of sp³-hybridized carbons (Fsp3) is 0.474. The van der Waals surface area contributed by atoms with E-state index in [0.29, 0.717) is 17.9 Å². The number of nitrogens with zero attached hydrogens (tertiary/aromatic N) is 1. The molecular weight excluding hydrogens is 306 g/mol. The van der Waals surface area contributed by atoms with Gasteiger partial charge < -0.3 is 14.7 Å². The summed E-state index contributed by atoms with van der Waals surface area (Å²) in [7, 11) is 1.55. The Labute approximate surface area is 142 Å². The van der Waals surface area contributed by atoms with E-state index in [-0.39, 0.29) is 11.4 Å². The molecule has 0 fully saturated rings. The number of hydrogen-bond acceptors (Lipinski definition) is 4. The second-order valence-corrected chi connectivity index (χ2v) is 6.98. The van der Waals surface area contributed by atoms with Crippen LogP contribution in [0.25, 0.3) is 0 Å². The number of hydrogen-bond donors (Lipinski definition) is 1. The summed E-state index contributed by atoms with van der Waals surface area (Å²) in [5.74, 6) is -0.590. The highest BCUT2D eigenvalue weighted by Gasteiger charge is 2.46. The van der Waals surface area contributed by atoms with E-state index < -0.39 is 23.1 Å². The predicted molar refractivity (Wildman–Crippen MR) is 91.9 cm³/mol. The van der Waals surface area contributed by atoms with Crippen molar-refractivity contribution in [2.24, 2.45) is 5.41 Å². The molecule has 5 heteroatoms. The summed E-state index contributed by atoms with van der Waals surface area (Å²) < 4.78 is 5.41. The molecule has 1 aliphatic rings. The van der Waals surface area contributed by atoms with E-state index in [1.165, 1.54) is 0 Å². The van der Waals surface area contributed by atoms with E-state index in [1.54, 1.807) is 38.8 Å². The standard InChI is InChI=1S/C19H25NO4/c1-6-11-20-15(12-9-7-8-10-13(12)24-5)14(16(21)18(20)23)17(22)19(2,3)4/h7-10,15,21H,6,11H2,1-5H3. The lowest BCUT2D eigenvalue weighted by molar-refractivity contribution is -0.129. The van der Waals surface area contributed by atoms with Crippen LogP contribution in [-0.2, 0) is 9.59 Å². The predicted octanol–water partition coefficient (Wildman–Crippen LogP) is 3.42. The number of Topliss-reactive ketones (excluding diaryl/α,β-unsaturated/α-hetero) is 1. The van der Waals surface area contributed by atoms with Crippen LogP contribution >= 0.6 is 0 Å². The van der Waals surface area contributed by atoms with E-state index in [0.717, 1.165) is 6.42 Å². The molecule has 1 aliphatic heterocycles. The molecule has 1 N–H and O–H groups in total. The molecule has 1 amide bonds. The van der Waals surface area contributed by atoms with Crippen LogP contribution in [0.1, 0.15) is 45.7 Å². The van der Waals surface area contributed by atoms with Gasteiger partial charge in [-0.25, -0.2) is 0 Å². The molecule has 1 aromatic rings. The Hall–Kier alpha value is -2.30. The zero-order valence-corrected chi connectivity index (χ0v) is 14.9. The summed E-state index contributed by atoms with van der Waals surface area (Å²) in [5.41, 5.74) is 0.162. The number of methoxy groups -OCH3 is 1. The lowest BCUT2D eigenvalue weighted by atomic mass is 9.82. The summed E-state index contributed by atoms with van der Waals surface area (Å²) >= 11 is 0. The minimum atomic E-state index is -0.702. The number of carbonyl (C=O) groups is 2. The third-order valence-electron chi connectivity index (χ3n) is 4.13. The zero-order valence-electron chi connectivity index (χ0n) is 14.9. The highest BCUT2D eigenvalue weighted by molar-refractivity contribution is 6.10. The Kier molecular flexibility index (Phi) is 5.02. The molecule has 0 aromatic heterocycles. The van der Waals surface area contributed by atoms with Crippen LogP contribution in [0.15, 0.2) is 35.6 Å². The van der Waals surface area contributed by atoms with Crippen molar-refractivity contribution >= 4 is 11.7 Å². The number of ketones is 1. The fourth-order valence-corrected chi connectivity index (χ4v) is 2.98. The molecule has 130 valence electrons. The van der Waals surface area contributed by atoms with Crippen LogP contribution in [-0.4, -0.2) is 35.4 Å². The Balaban J connectivity index is 2.65. The number of rotatable bonds is 5. The van der Waals surface area contributed by atoms with Crippen molar-refractivity contribution in [3.8, 4) is 5.75 Å². The quantitative estimate of drug-likeness (QED) is 0.898. The molecule has 5 nitrogen and oxygen atoms in total. The largest absolute Gasteiger partial charge is 0.503 e. The van der Waals surface area contributed by atoms with E-state index in [4.69, 9.17) is 4.74 Å². The van der Waals surface area contributed by atoms with Crippen LogP contribution in [0.5, 0.6) is 5.75 Å². The zero-order chi connectivity index (χ0) is 18.1. The number of aliphatic hydroxyl groups is 1. The molecule has 0 radical (unpaired) electrons. The molecule has 0 spiro atoms. The van der Waals surface area contributed by atoms with Crippen LogP contribution in [0.4, 0.5) is 0 Å². The number of para-hydroxylation sites is 1. The Morgan fingerprint density at radius 3 is 2.46 bits per heavy atom. The van der Waals surface area contributed by atoms with E-state index in [1.807, 2.05) is 25.1 Å². The lowest BCUT2D eigenvalue weighted by Crippen LogP contribution is -2.33. The minimum absolute atomic E-state index is 0.158. The maximum Gasteiger partial charge on any atom is 0.290 e. The molecular formula is C19H25NO4. The van der Waals surface area contributed by atoms with Crippen molar-refractivity contribution in [1.29, 1.82) is 0 Å². The van der Waals surface area contributed by atoms with Crippen LogP contribution in [0, 0.1) is 5.41 Å². The maximum absolute atomic E-state index is 12.9. The normalized spacial score (nSPS) is 18.3. The first-order valence-corrected chi connectivity index (χ1v) is 8.15. The molecule has 2 rings (SSSR count). The number of benzene rings is 1. The number of aliphatic hydroxyl groups excluding tert-OH is 1. The summed E-state index contributed by atoms with van der Waals surface area (Å²) in [6.45, 7) is 7.74. The molecule has 1 aromatic carbocycles. The number of ether oxygens (including phenoxy) is 1. The molecule has 0 bridgehead atoms. The second-order valence-electron chi connectivity index (χ2n) is 6.98. The molecule has 1 unspecified atom stereocenters. The summed E-state index contributed by atoms with van der Waals surface area (Å²) in [6.07, 6.45) is 0.724. The Morgan fingerprint density at radius 2 is 1.92 bits per heavy atom. The van der Waals surface area contributed by atoms with Crippen molar-refractivity contribution in [3.05, 3.63) is 41.2 Å². The van der Waals surface area contributed by atoms with Crippen molar-refractivity contribution in [2.75, 3.05) is 13.7 Å². The van der Waals surface area contributed by atoms with Crippen LogP contribution in [0.3, 0.4) is 0 Å². The van der Waals surface area contributed by atoms with Crippen molar-refractivity contribution in [3.63, 3.8) is 0 Å². The van der Waals surface area contributed by atoms with Crippen LogP contribution < -0.4 is 4.74 Å². The van der Waals surface area contributed by atoms with E-state index in [9.17, 15) is 14.7 Å². The maximum atomic E-state index is 12.9. The smallest absolute Gasteiger partial charge is 0.290 e. The monoisotopic (exact) mass is 331 g/mol.